The monoisotopic (exact) mass is 154 g/mol. The highest BCUT2D eigenvalue weighted by atomic mass is 16.1. The largest absolute Gasteiger partial charge is 0.359 e. The summed E-state index contributed by atoms with van der Waals surface area (Å²) in [5.41, 5.74) is 4.57. The molecule has 0 aromatic rings. The Morgan fingerprint density at radius 1 is 1.45 bits per heavy atom. The summed E-state index contributed by atoms with van der Waals surface area (Å²) in [7, 11) is 3.80. The number of nitrogens with zero attached hydrogens (tertiary/aromatic N) is 1. The standard InChI is InChI=1S/C8H14N2O/c1-8(2,10(3)4)6-5-7(9)11/h1-4H3,(H2,9,11). The van der Waals surface area contributed by atoms with Gasteiger partial charge in [-0.3, -0.25) is 9.69 Å². The Labute approximate surface area is 67.6 Å². The van der Waals surface area contributed by atoms with Crippen LogP contribution in [-0.2, 0) is 4.79 Å². The summed E-state index contributed by atoms with van der Waals surface area (Å²) in [5.74, 6) is 4.49. The summed E-state index contributed by atoms with van der Waals surface area (Å²) in [6.07, 6.45) is 0. The number of primary amides is 1. The second-order valence-corrected chi connectivity index (χ2v) is 3.07. The number of nitrogens with two attached hydrogens (primary N) is 1. The van der Waals surface area contributed by atoms with Gasteiger partial charge in [0.25, 0.3) is 5.91 Å². The van der Waals surface area contributed by atoms with E-state index >= 15 is 0 Å². The maximum absolute atomic E-state index is 10.3. The van der Waals surface area contributed by atoms with Gasteiger partial charge in [0.2, 0.25) is 0 Å². The first-order valence-corrected chi connectivity index (χ1v) is 3.36. The van der Waals surface area contributed by atoms with Crippen molar-refractivity contribution >= 4 is 5.91 Å². The Hall–Kier alpha value is -1.01. The number of carbonyl (C=O) groups excluding carboxylic acids is 1. The van der Waals surface area contributed by atoms with Gasteiger partial charge in [-0.05, 0) is 33.9 Å². The van der Waals surface area contributed by atoms with Crippen LogP contribution in [-0.4, -0.2) is 30.4 Å². The Morgan fingerprint density at radius 3 is 2.18 bits per heavy atom. The van der Waals surface area contributed by atoms with Crippen LogP contribution in [0, 0.1) is 11.8 Å². The third kappa shape index (κ3) is 3.64. The van der Waals surface area contributed by atoms with Gasteiger partial charge in [-0.15, -0.1) is 0 Å². The van der Waals surface area contributed by atoms with Crippen LogP contribution in [0.1, 0.15) is 13.8 Å². The molecule has 2 N–H and O–H groups in total. The molecule has 0 heterocycles. The second kappa shape index (κ2) is 3.40. The van der Waals surface area contributed by atoms with E-state index in [9.17, 15) is 4.79 Å². The van der Waals surface area contributed by atoms with Crippen LogP contribution >= 0.6 is 0 Å². The van der Waals surface area contributed by atoms with Crippen LogP contribution in [0.4, 0.5) is 0 Å². The van der Waals surface area contributed by atoms with Crippen LogP contribution in [0.25, 0.3) is 0 Å². The van der Waals surface area contributed by atoms with Gasteiger partial charge in [0.15, 0.2) is 0 Å². The highest BCUT2D eigenvalue weighted by Crippen LogP contribution is 2.06. The first kappa shape index (κ1) is 9.99. The van der Waals surface area contributed by atoms with Gasteiger partial charge in [-0.1, -0.05) is 5.92 Å². The minimum absolute atomic E-state index is 0.297. The third-order valence-corrected chi connectivity index (χ3v) is 1.61. The van der Waals surface area contributed by atoms with Crippen LogP contribution in [0.2, 0.25) is 0 Å². The van der Waals surface area contributed by atoms with Crippen molar-refractivity contribution in [2.45, 2.75) is 19.4 Å². The van der Waals surface area contributed by atoms with Gasteiger partial charge in [0.05, 0.1) is 5.54 Å². The van der Waals surface area contributed by atoms with E-state index in [1.165, 1.54) is 0 Å². The smallest absolute Gasteiger partial charge is 0.293 e. The molecule has 0 aromatic heterocycles. The molecule has 0 fully saturated rings. The lowest BCUT2D eigenvalue weighted by Crippen LogP contribution is -2.36. The van der Waals surface area contributed by atoms with Gasteiger partial charge in [-0.2, -0.15) is 0 Å². The van der Waals surface area contributed by atoms with Crippen molar-refractivity contribution in [3.63, 3.8) is 0 Å². The van der Waals surface area contributed by atoms with Crippen molar-refractivity contribution in [2.24, 2.45) is 5.73 Å². The van der Waals surface area contributed by atoms with E-state index in [4.69, 9.17) is 5.73 Å². The number of amides is 1. The molecular formula is C8H14N2O. The fraction of sp³-hybridized carbons (Fsp3) is 0.625. The van der Waals surface area contributed by atoms with Gasteiger partial charge in [-0.25, -0.2) is 0 Å². The number of hydrogen-bond acceptors (Lipinski definition) is 2. The predicted octanol–water partition coefficient (Wildman–Crippen LogP) is -0.185. The van der Waals surface area contributed by atoms with E-state index in [1.807, 2.05) is 32.8 Å². The quantitative estimate of drug-likeness (QED) is 0.532. The van der Waals surface area contributed by atoms with Crippen LogP contribution < -0.4 is 5.73 Å². The van der Waals surface area contributed by atoms with E-state index in [-0.39, 0.29) is 5.54 Å². The zero-order valence-electron chi connectivity index (χ0n) is 7.43. The van der Waals surface area contributed by atoms with Crippen molar-refractivity contribution in [1.82, 2.24) is 4.90 Å². The fourth-order valence-electron chi connectivity index (χ4n) is 0.326. The highest BCUT2D eigenvalue weighted by molar-refractivity contribution is 5.92. The summed E-state index contributed by atoms with van der Waals surface area (Å²) in [5, 5.41) is 0. The molecule has 0 aliphatic heterocycles. The van der Waals surface area contributed by atoms with E-state index in [0.29, 0.717) is 0 Å². The van der Waals surface area contributed by atoms with Crippen LogP contribution in [0.3, 0.4) is 0 Å². The summed E-state index contributed by atoms with van der Waals surface area (Å²) in [6.45, 7) is 3.84. The average molecular weight is 154 g/mol. The van der Waals surface area contributed by atoms with Crippen molar-refractivity contribution in [2.75, 3.05) is 14.1 Å². The molecule has 0 bridgehead atoms. The minimum Gasteiger partial charge on any atom is -0.359 e. The Bertz CT molecular complexity index is 208. The lowest BCUT2D eigenvalue weighted by atomic mass is 10.1. The molecule has 0 aromatic carbocycles. The van der Waals surface area contributed by atoms with Crippen molar-refractivity contribution < 1.29 is 4.79 Å². The second-order valence-electron chi connectivity index (χ2n) is 3.07. The molecule has 0 atom stereocenters. The Balaban J connectivity index is 4.38. The van der Waals surface area contributed by atoms with E-state index in [0.717, 1.165) is 0 Å². The van der Waals surface area contributed by atoms with E-state index in [1.54, 1.807) is 0 Å². The molecule has 0 saturated carbocycles. The molecule has 0 spiro atoms. The molecule has 0 unspecified atom stereocenters. The number of hydrogen-bond donors (Lipinski definition) is 1. The van der Waals surface area contributed by atoms with Gasteiger partial charge in [0, 0.05) is 0 Å². The third-order valence-electron chi connectivity index (χ3n) is 1.61. The molecule has 62 valence electrons. The first-order valence-electron chi connectivity index (χ1n) is 3.36. The SMILES string of the molecule is CN(C)C(C)(C)C#CC(N)=O. The molecule has 0 aliphatic rings. The zero-order valence-corrected chi connectivity index (χ0v) is 7.43. The van der Waals surface area contributed by atoms with Gasteiger partial charge in [0.1, 0.15) is 0 Å². The molecule has 3 nitrogen and oxygen atoms in total. The summed E-state index contributed by atoms with van der Waals surface area (Å²) >= 11 is 0. The maximum Gasteiger partial charge on any atom is 0.293 e. The normalized spacial score (nSPS) is 10.6. The predicted molar refractivity (Wildman–Crippen MR) is 44.7 cm³/mol. The molecule has 0 rings (SSSR count). The van der Waals surface area contributed by atoms with Crippen molar-refractivity contribution in [3.05, 3.63) is 0 Å². The Kier molecular flexibility index (Phi) is 3.09. The average Bonchev–Trinajstić information content (AvgIpc) is 1.84. The molecule has 11 heavy (non-hydrogen) atoms. The molecule has 1 amide bonds. The lowest BCUT2D eigenvalue weighted by molar-refractivity contribution is -0.112. The summed E-state index contributed by atoms with van der Waals surface area (Å²) < 4.78 is 0. The van der Waals surface area contributed by atoms with E-state index in [2.05, 4.69) is 11.8 Å². The first-order chi connectivity index (χ1) is 4.86. The summed E-state index contributed by atoms with van der Waals surface area (Å²) in [4.78, 5) is 12.2. The molecule has 3 heteroatoms. The van der Waals surface area contributed by atoms with Gasteiger partial charge < -0.3 is 5.73 Å². The summed E-state index contributed by atoms with van der Waals surface area (Å²) in [6, 6.07) is 0. The zero-order chi connectivity index (χ0) is 9.07. The van der Waals surface area contributed by atoms with Crippen LogP contribution in [0.5, 0.6) is 0 Å². The number of carbonyl (C=O) groups is 1. The maximum atomic E-state index is 10.3. The molecule has 0 radical (unpaired) electrons. The van der Waals surface area contributed by atoms with Crippen LogP contribution in [0.15, 0.2) is 0 Å². The molecule has 0 saturated heterocycles. The Morgan fingerprint density at radius 2 is 1.91 bits per heavy atom. The fourth-order valence-corrected chi connectivity index (χ4v) is 0.326. The van der Waals surface area contributed by atoms with Crippen molar-refractivity contribution in [1.29, 1.82) is 0 Å². The highest BCUT2D eigenvalue weighted by Gasteiger charge is 2.16. The topological polar surface area (TPSA) is 46.3 Å². The molecular weight excluding hydrogens is 140 g/mol. The number of rotatable bonds is 1. The molecule has 0 aliphatic carbocycles. The van der Waals surface area contributed by atoms with Gasteiger partial charge >= 0.3 is 0 Å². The minimum atomic E-state index is -0.583. The van der Waals surface area contributed by atoms with Crippen molar-refractivity contribution in [3.8, 4) is 11.8 Å². The van der Waals surface area contributed by atoms with E-state index < -0.39 is 5.91 Å². The lowest BCUT2D eigenvalue weighted by Gasteiger charge is -2.26.